The number of carbonyl (C=O) groups excluding carboxylic acids is 2. The van der Waals surface area contributed by atoms with E-state index in [0.717, 1.165) is 15.4 Å². The van der Waals surface area contributed by atoms with Gasteiger partial charge in [-0.05, 0) is 85.1 Å². The van der Waals surface area contributed by atoms with Crippen LogP contribution in [0.4, 0.5) is 5.69 Å². The number of nitrogens with one attached hydrogen (secondary N) is 1. The van der Waals surface area contributed by atoms with Gasteiger partial charge in [-0.15, -0.1) is 0 Å². The number of nitrogens with zero attached hydrogens (tertiary/aromatic N) is 2. The minimum atomic E-state index is -4.22. The molecular formula is C36H40BrN3O6S. The van der Waals surface area contributed by atoms with Crippen LogP contribution in [0.3, 0.4) is 0 Å². The number of hydrogen-bond donors (Lipinski definition) is 1. The van der Waals surface area contributed by atoms with Crippen molar-refractivity contribution in [2.75, 3.05) is 31.1 Å². The lowest BCUT2D eigenvalue weighted by Crippen LogP contribution is -2.53. The quantitative estimate of drug-likeness (QED) is 0.147. The first-order chi connectivity index (χ1) is 22.7. The predicted octanol–water partition coefficient (Wildman–Crippen LogP) is 6.22. The highest BCUT2D eigenvalue weighted by Gasteiger charge is 2.34. The van der Waals surface area contributed by atoms with Crippen molar-refractivity contribution in [3.63, 3.8) is 0 Å². The number of amides is 2. The summed E-state index contributed by atoms with van der Waals surface area (Å²) in [6.45, 7) is 4.18. The van der Waals surface area contributed by atoms with Gasteiger partial charge < -0.3 is 19.7 Å². The molecule has 1 atom stereocenters. The van der Waals surface area contributed by atoms with Crippen LogP contribution in [0.1, 0.15) is 31.4 Å². The van der Waals surface area contributed by atoms with Crippen molar-refractivity contribution in [2.24, 2.45) is 0 Å². The molecule has 0 bridgehead atoms. The second-order valence-electron chi connectivity index (χ2n) is 10.8. The Balaban J connectivity index is 1.80. The lowest BCUT2D eigenvalue weighted by molar-refractivity contribution is -0.140. The van der Waals surface area contributed by atoms with Crippen LogP contribution in [0, 0.1) is 0 Å². The summed E-state index contributed by atoms with van der Waals surface area (Å²) in [4.78, 5) is 29.8. The van der Waals surface area contributed by atoms with Gasteiger partial charge in [0.2, 0.25) is 11.8 Å². The lowest BCUT2D eigenvalue weighted by atomic mass is 10.0. The van der Waals surface area contributed by atoms with Crippen molar-refractivity contribution >= 4 is 43.5 Å². The van der Waals surface area contributed by atoms with E-state index in [1.165, 1.54) is 17.0 Å². The van der Waals surface area contributed by atoms with Gasteiger partial charge in [0, 0.05) is 24.0 Å². The van der Waals surface area contributed by atoms with Crippen LogP contribution in [-0.2, 0) is 32.6 Å². The predicted molar refractivity (Wildman–Crippen MR) is 187 cm³/mol. The summed E-state index contributed by atoms with van der Waals surface area (Å²) in [5, 5.41) is 2.95. The van der Waals surface area contributed by atoms with E-state index in [9.17, 15) is 18.0 Å². The lowest BCUT2D eigenvalue weighted by Gasteiger charge is -2.34. The molecule has 0 spiro atoms. The highest BCUT2D eigenvalue weighted by molar-refractivity contribution is 9.10. The Kier molecular flexibility index (Phi) is 12.8. The Labute approximate surface area is 285 Å². The van der Waals surface area contributed by atoms with Gasteiger partial charge in [-0.25, -0.2) is 8.42 Å². The molecule has 0 unspecified atom stereocenters. The van der Waals surface area contributed by atoms with Crippen molar-refractivity contribution in [1.29, 1.82) is 0 Å². The summed E-state index contributed by atoms with van der Waals surface area (Å²) >= 11 is 3.36. The van der Waals surface area contributed by atoms with Crippen LogP contribution in [0.25, 0.3) is 0 Å². The maximum Gasteiger partial charge on any atom is 0.264 e. The Morgan fingerprint density at radius 1 is 0.851 bits per heavy atom. The summed E-state index contributed by atoms with van der Waals surface area (Å²) in [6, 6.07) is 28.5. The van der Waals surface area contributed by atoms with Gasteiger partial charge in [-0.1, -0.05) is 65.3 Å². The molecule has 0 fully saturated rings. The normalized spacial score (nSPS) is 11.7. The standard InChI is InChI=1S/C36H40BrN3O6S/c1-4-22-38-36(42)34(24-27-10-7-6-8-11-27)39(25-28-12-9-13-32(23-28)45-3)35(41)26-40(30-16-18-31(19-17-30)46-5-2)47(43,44)33-20-14-29(37)15-21-33/h6-21,23,34H,4-5,22,24-26H2,1-3H3,(H,38,42)/t34-/m1/s1. The van der Waals surface area contributed by atoms with Crippen molar-refractivity contribution in [1.82, 2.24) is 10.2 Å². The fourth-order valence-electron chi connectivity index (χ4n) is 5.03. The number of sulfonamides is 1. The van der Waals surface area contributed by atoms with Crippen molar-refractivity contribution < 1.29 is 27.5 Å². The van der Waals surface area contributed by atoms with Crippen LogP contribution in [0.5, 0.6) is 11.5 Å². The minimum Gasteiger partial charge on any atom is -0.497 e. The van der Waals surface area contributed by atoms with Gasteiger partial charge in [-0.2, -0.15) is 0 Å². The number of carbonyl (C=O) groups is 2. The van der Waals surface area contributed by atoms with Crippen molar-refractivity contribution in [2.45, 2.75) is 44.2 Å². The fourth-order valence-corrected chi connectivity index (χ4v) is 6.70. The molecular weight excluding hydrogens is 682 g/mol. The van der Waals surface area contributed by atoms with Gasteiger partial charge in [0.15, 0.2) is 0 Å². The number of halogens is 1. The zero-order valence-corrected chi connectivity index (χ0v) is 29.2. The maximum atomic E-state index is 14.6. The molecule has 2 amide bonds. The second kappa shape index (κ2) is 17.0. The highest BCUT2D eigenvalue weighted by Crippen LogP contribution is 2.28. The minimum absolute atomic E-state index is 0.0169. The van der Waals surface area contributed by atoms with E-state index >= 15 is 0 Å². The molecule has 4 rings (SSSR count). The largest absolute Gasteiger partial charge is 0.497 e. The molecule has 4 aromatic rings. The van der Waals surface area contributed by atoms with Gasteiger partial charge in [0.1, 0.15) is 24.1 Å². The van der Waals surface area contributed by atoms with Gasteiger partial charge >= 0.3 is 0 Å². The summed E-state index contributed by atoms with van der Waals surface area (Å²) < 4.78 is 41.2. The Morgan fingerprint density at radius 2 is 1.53 bits per heavy atom. The third-order valence-electron chi connectivity index (χ3n) is 7.42. The summed E-state index contributed by atoms with van der Waals surface area (Å²) in [6.07, 6.45) is 0.944. The first-order valence-corrected chi connectivity index (χ1v) is 17.6. The molecule has 0 aliphatic heterocycles. The molecule has 0 heterocycles. The SMILES string of the molecule is CCCNC(=O)[C@@H](Cc1ccccc1)N(Cc1cccc(OC)c1)C(=O)CN(c1ccc(OCC)cc1)S(=O)(=O)c1ccc(Br)cc1. The van der Waals surface area contributed by atoms with E-state index in [2.05, 4.69) is 21.2 Å². The molecule has 47 heavy (non-hydrogen) atoms. The van der Waals surface area contributed by atoms with Crippen LogP contribution in [0.2, 0.25) is 0 Å². The summed E-state index contributed by atoms with van der Waals surface area (Å²) in [7, 11) is -2.67. The first-order valence-electron chi connectivity index (χ1n) is 15.4. The number of rotatable bonds is 16. The van der Waals surface area contributed by atoms with Gasteiger partial charge in [0.05, 0.1) is 24.3 Å². The van der Waals surface area contributed by atoms with E-state index in [-0.39, 0.29) is 29.5 Å². The third-order valence-corrected chi connectivity index (χ3v) is 9.74. The number of ether oxygens (including phenoxy) is 2. The molecule has 0 saturated heterocycles. The molecule has 4 aromatic carbocycles. The van der Waals surface area contributed by atoms with Gasteiger partial charge in [-0.3, -0.25) is 13.9 Å². The highest BCUT2D eigenvalue weighted by atomic mass is 79.9. The molecule has 11 heteroatoms. The van der Waals surface area contributed by atoms with E-state index in [1.807, 2.05) is 56.3 Å². The Hall–Kier alpha value is -4.35. The number of hydrogen-bond acceptors (Lipinski definition) is 6. The molecule has 0 aromatic heterocycles. The molecule has 248 valence electrons. The van der Waals surface area contributed by atoms with Crippen LogP contribution in [0.15, 0.2) is 112 Å². The summed E-state index contributed by atoms with van der Waals surface area (Å²) in [5.74, 6) is 0.294. The molecule has 0 aliphatic rings. The van der Waals surface area contributed by atoms with Crippen molar-refractivity contribution in [3.05, 3.63) is 119 Å². The number of methoxy groups -OCH3 is 1. The van der Waals surface area contributed by atoms with Crippen LogP contribution < -0.4 is 19.1 Å². The Morgan fingerprint density at radius 3 is 2.17 bits per heavy atom. The Bertz CT molecular complexity index is 1720. The zero-order chi connectivity index (χ0) is 33.8. The fraction of sp³-hybridized carbons (Fsp3) is 0.278. The molecule has 1 N–H and O–H groups in total. The number of anilines is 1. The van der Waals surface area contributed by atoms with Crippen LogP contribution >= 0.6 is 15.9 Å². The van der Waals surface area contributed by atoms with E-state index in [0.29, 0.717) is 35.5 Å². The second-order valence-corrected chi connectivity index (χ2v) is 13.5. The molecule has 0 saturated carbocycles. The van der Waals surface area contributed by atoms with E-state index in [4.69, 9.17) is 9.47 Å². The molecule has 9 nitrogen and oxygen atoms in total. The first kappa shape index (κ1) is 35.5. The average molecular weight is 723 g/mol. The smallest absolute Gasteiger partial charge is 0.264 e. The van der Waals surface area contributed by atoms with E-state index in [1.54, 1.807) is 55.6 Å². The molecule has 0 aliphatic carbocycles. The summed E-state index contributed by atoms with van der Waals surface area (Å²) in [5.41, 5.74) is 1.86. The average Bonchev–Trinajstić information content (AvgIpc) is 3.08. The topological polar surface area (TPSA) is 105 Å². The zero-order valence-electron chi connectivity index (χ0n) is 26.8. The third kappa shape index (κ3) is 9.59. The van der Waals surface area contributed by atoms with Crippen LogP contribution in [-0.4, -0.2) is 58.0 Å². The maximum absolute atomic E-state index is 14.6. The number of benzene rings is 4. The van der Waals surface area contributed by atoms with Crippen molar-refractivity contribution in [3.8, 4) is 11.5 Å². The monoisotopic (exact) mass is 721 g/mol. The van der Waals surface area contributed by atoms with Gasteiger partial charge in [0.25, 0.3) is 10.0 Å². The molecule has 0 radical (unpaired) electrons. The van der Waals surface area contributed by atoms with E-state index < -0.39 is 28.5 Å².